The number of rotatable bonds is 1. The molecule has 0 atom stereocenters. The number of halogens is 1. The summed E-state index contributed by atoms with van der Waals surface area (Å²) in [7, 11) is 0. The molecular weight excluding hydrogens is 170 g/mol. The standard InChI is InChI=1S/C10H11ClN/c11-9-5-1-2-6-10(9)12-7-3-4-8-12/h1-3,5-6H,4,7-8H2. The predicted molar refractivity (Wildman–Crippen MR) is 52.6 cm³/mol. The van der Waals surface area contributed by atoms with Gasteiger partial charge >= 0.3 is 0 Å². The fourth-order valence-corrected chi connectivity index (χ4v) is 1.77. The van der Waals surface area contributed by atoms with E-state index in [1.807, 2.05) is 18.2 Å². The van der Waals surface area contributed by atoms with Gasteiger partial charge < -0.3 is 4.90 Å². The van der Waals surface area contributed by atoms with Crippen LogP contribution in [0.25, 0.3) is 0 Å². The molecule has 1 aliphatic rings. The van der Waals surface area contributed by atoms with E-state index in [1.54, 1.807) is 0 Å². The van der Waals surface area contributed by atoms with Gasteiger partial charge in [0.15, 0.2) is 0 Å². The molecule has 12 heavy (non-hydrogen) atoms. The molecule has 1 heterocycles. The summed E-state index contributed by atoms with van der Waals surface area (Å²) < 4.78 is 0. The molecule has 1 fully saturated rings. The minimum absolute atomic E-state index is 0.854. The van der Waals surface area contributed by atoms with Crippen molar-refractivity contribution in [3.8, 4) is 0 Å². The molecule has 0 aromatic heterocycles. The Morgan fingerprint density at radius 1 is 1.25 bits per heavy atom. The van der Waals surface area contributed by atoms with Crippen LogP contribution >= 0.6 is 11.6 Å². The van der Waals surface area contributed by atoms with Crippen LogP contribution in [-0.4, -0.2) is 13.1 Å². The van der Waals surface area contributed by atoms with Gasteiger partial charge in [-0.05, 0) is 25.0 Å². The first-order valence-electron chi connectivity index (χ1n) is 4.19. The van der Waals surface area contributed by atoms with Gasteiger partial charge in [-0.2, -0.15) is 0 Å². The highest BCUT2D eigenvalue weighted by Gasteiger charge is 2.13. The lowest BCUT2D eigenvalue weighted by Gasteiger charge is -2.18. The second kappa shape index (κ2) is 3.36. The lowest BCUT2D eigenvalue weighted by Crippen LogP contribution is -2.17. The molecule has 1 aromatic carbocycles. The zero-order valence-electron chi connectivity index (χ0n) is 6.83. The van der Waals surface area contributed by atoms with E-state index in [0.29, 0.717) is 0 Å². The van der Waals surface area contributed by atoms with E-state index in [4.69, 9.17) is 11.6 Å². The summed E-state index contributed by atoms with van der Waals surface area (Å²) in [6, 6.07) is 8.00. The van der Waals surface area contributed by atoms with E-state index in [0.717, 1.165) is 23.8 Å². The van der Waals surface area contributed by atoms with E-state index in [1.165, 1.54) is 6.42 Å². The highest BCUT2D eigenvalue weighted by molar-refractivity contribution is 6.33. The molecule has 0 N–H and O–H groups in total. The van der Waals surface area contributed by atoms with Crippen molar-refractivity contribution >= 4 is 17.3 Å². The zero-order chi connectivity index (χ0) is 8.39. The van der Waals surface area contributed by atoms with Gasteiger partial charge in [0, 0.05) is 13.1 Å². The molecule has 63 valence electrons. The van der Waals surface area contributed by atoms with Crippen LogP contribution in [0, 0.1) is 6.42 Å². The first-order chi connectivity index (χ1) is 5.88. The number of anilines is 1. The third-order valence-corrected chi connectivity index (χ3v) is 2.47. The largest absolute Gasteiger partial charge is 0.370 e. The normalized spacial score (nSPS) is 16.9. The van der Waals surface area contributed by atoms with Gasteiger partial charge in [-0.25, -0.2) is 0 Å². The maximum Gasteiger partial charge on any atom is 0.0639 e. The second-order valence-corrected chi connectivity index (χ2v) is 3.38. The van der Waals surface area contributed by atoms with Gasteiger partial charge in [0.1, 0.15) is 0 Å². The molecule has 2 rings (SSSR count). The highest BCUT2D eigenvalue weighted by Crippen LogP contribution is 2.27. The van der Waals surface area contributed by atoms with Gasteiger partial charge in [-0.15, -0.1) is 0 Å². The quantitative estimate of drug-likeness (QED) is 0.643. The third-order valence-electron chi connectivity index (χ3n) is 2.15. The zero-order valence-corrected chi connectivity index (χ0v) is 7.59. The molecule has 1 aromatic rings. The Hall–Kier alpha value is -0.690. The molecule has 1 aliphatic heterocycles. The van der Waals surface area contributed by atoms with Crippen LogP contribution < -0.4 is 4.90 Å². The van der Waals surface area contributed by atoms with Crippen LogP contribution in [0.3, 0.4) is 0 Å². The highest BCUT2D eigenvalue weighted by atomic mass is 35.5. The molecule has 1 saturated heterocycles. The number of para-hydroxylation sites is 1. The Labute approximate surface area is 77.9 Å². The average molecular weight is 181 g/mol. The smallest absolute Gasteiger partial charge is 0.0639 e. The van der Waals surface area contributed by atoms with Crippen LogP contribution in [-0.2, 0) is 0 Å². The topological polar surface area (TPSA) is 3.24 Å². The number of hydrogen-bond donors (Lipinski definition) is 0. The van der Waals surface area contributed by atoms with Crippen molar-refractivity contribution in [2.45, 2.75) is 6.42 Å². The van der Waals surface area contributed by atoms with Crippen LogP contribution in [0.5, 0.6) is 0 Å². The first-order valence-corrected chi connectivity index (χ1v) is 4.57. The maximum absolute atomic E-state index is 6.05. The summed E-state index contributed by atoms with van der Waals surface area (Å²) >= 11 is 6.05. The molecule has 2 heteroatoms. The van der Waals surface area contributed by atoms with Crippen molar-refractivity contribution in [1.82, 2.24) is 0 Å². The van der Waals surface area contributed by atoms with Crippen molar-refractivity contribution in [3.05, 3.63) is 35.7 Å². The van der Waals surface area contributed by atoms with E-state index < -0.39 is 0 Å². The summed E-state index contributed by atoms with van der Waals surface area (Å²) in [6.45, 7) is 2.13. The van der Waals surface area contributed by atoms with Crippen molar-refractivity contribution in [1.29, 1.82) is 0 Å². The third kappa shape index (κ3) is 1.42. The Bertz CT molecular complexity index is 266. The van der Waals surface area contributed by atoms with Crippen LogP contribution in [0.2, 0.25) is 5.02 Å². The molecule has 0 spiro atoms. The van der Waals surface area contributed by atoms with Gasteiger partial charge in [-0.3, -0.25) is 0 Å². The van der Waals surface area contributed by atoms with E-state index in [9.17, 15) is 0 Å². The minimum atomic E-state index is 0.854. The number of nitrogens with zero attached hydrogens (tertiary/aromatic N) is 1. The van der Waals surface area contributed by atoms with E-state index in [2.05, 4.69) is 17.4 Å². The number of hydrogen-bond acceptors (Lipinski definition) is 1. The summed E-state index contributed by atoms with van der Waals surface area (Å²) in [5.74, 6) is 0. The van der Waals surface area contributed by atoms with Gasteiger partial charge in [0.05, 0.1) is 10.7 Å². The predicted octanol–water partition coefficient (Wildman–Crippen LogP) is 2.75. The van der Waals surface area contributed by atoms with Crippen LogP contribution in [0.15, 0.2) is 24.3 Å². The monoisotopic (exact) mass is 180 g/mol. The molecule has 0 amide bonds. The molecule has 1 nitrogen and oxygen atoms in total. The first kappa shape index (κ1) is 7.93. The van der Waals surface area contributed by atoms with Crippen molar-refractivity contribution in [3.63, 3.8) is 0 Å². The second-order valence-electron chi connectivity index (χ2n) is 2.97. The summed E-state index contributed by atoms with van der Waals surface area (Å²) in [4.78, 5) is 2.29. The Morgan fingerprint density at radius 3 is 2.75 bits per heavy atom. The van der Waals surface area contributed by atoms with Crippen LogP contribution in [0.1, 0.15) is 6.42 Å². The molecule has 0 saturated carbocycles. The van der Waals surface area contributed by atoms with Gasteiger partial charge in [0.25, 0.3) is 0 Å². The minimum Gasteiger partial charge on any atom is -0.370 e. The molecular formula is C10H11ClN. The van der Waals surface area contributed by atoms with Gasteiger partial charge in [-0.1, -0.05) is 23.7 Å². The van der Waals surface area contributed by atoms with Gasteiger partial charge in [0.2, 0.25) is 0 Å². The van der Waals surface area contributed by atoms with Crippen molar-refractivity contribution in [2.24, 2.45) is 0 Å². The summed E-state index contributed by atoms with van der Waals surface area (Å²) in [6.07, 6.45) is 3.45. The average Bonchev–Trinajstić information content (AvgIpc) is 2.57. The lowest BCUT2D eigenvalue weighted by atomic mass is 10.3. The Morgan fingerprint density at radius 2 is 2.08 bits per heavy atom. The maximum atomic E-state index is 6.05. The fraction of sp³-hybridized carbons (Fsp3) is 0.300. The SMILES string of the molecule is Clc1ccccc1N1C[CH]CC1. The van der Waals surface area contributed by atoms with Crippen molar-refractivity contribution < 1.29 is 0 Å². The molecule has 0 aliphatic carbocycles. The Kier molecular flexibility index (Phi) is 2.22. The Balaban J connectivity index is 2.26. The van der Waals surface area contributed by atoms with Crippen LogP contribution in [0.4, 0.5) is 5.69 Å². The molecule has 0 bridgehead atoms. The lowest BCUT2D eigenvalue weighted by molar-refractivity contribution is 0.968. The van der Waals surface area contributed by atoms with Crippen molar-refractivity contribution in [2.75, 3.05) is 18.0 Å². The van der Waals surface area contributed by atoms with E-state index in [-0.39, 0.29) is 0 Å². The molecule has 0 unspecified atom stereocenters. The summed E-state index contributed by atoms with van der Waals surface area (Å²) in [5.41, 5.74) is 1.16. The van der Waals surface area contributed by atoms with E-state index >= 15 is 0 Å². The summed E-state index contributed by atoms with van der Waals surface area (Å²) in [5, 5.41) is 0.854. The fourth-order valence-electron chi connectivity index (χ4n) is 1.51. The molecule has 1 radical (unpaired) electrons. The number of benzene rings is 1.